The van der Waals surface area contributed by atoms with Gasteiger partial charge in [-0.05, 0) is 56.8 Å². The lowest BCUT2D eigenvalue weighted by molar-refractivity contribution is -0.144. The zero-order valence-corrected chi connectivity index (χ0v) is 20.7. The van der Waals surface area contributed by atoms with E-state index in [1.165, 1.54) is 6.42 Å². The fourth-order valence-electron chi connectivity index (χ4n) is 5.36. The number of hydrogen-bond donors (Lipinski definition) is 3. The Morgan fingerprint density at radius 3 is 1.94 bits per heavy atom. The average molecular weight is 451 g/mol. The summed E-state index contributed by atoms with van der Waals surface area (Å²) in [6, 6.07) is -1.74. The Labute approximate surface area is 194 Å². The summed E-state index contributed by atoms with van der Waals surface area (Å²) in [5, 5.41) is 5.92. The molecule has 4 N–H and O–H groups in total. The molecule has 0 radical (unpaired) electrons. The molecule has 3 atom stereocenters. The van der Waals surface area contributed by atoms with Crippen LogP contribution in [0.5, 0.6) is 0 Å². The van der Waals surface area contributed by atoms with Crippen LogP contribution >= 0.6 is 0 Å². The monoisotopic (exact) mass is 450 g/mol. The lowest BCUT2D eigenvalue weighted by Gasteiger charge is -2.37. The molecule has 0 aromatic carbocycles. The number of rotatable bonds is 10. The molecule has 2 saturated carbocycles. The summed E-state index contributed by atoms with van der Waals surface area (Å²) >= 11 is 0. The van der Waals surface area contributed by atoms with Crippen LogP contribution in [0.2, 0.25) is 0 Å². The molecule has 2 fully saturated rings. The predicted molar refractivity (Wildman–Crippen MR) is 128 cm³/mol. The van der Waals surface area contributed by atoms with Crippen molar-refractivity contribution >= 4 is 17.7 Å². The van der Waals surface area contributed by atoms with Gasteiger partial charge in [-0.1, -0.05) is 52.4 Å². The second-order valence-corrected chi connectivity index (χ2v) is 10.3. The van der Waals surface area contributed by atoms with Crippen molar-refractivity contribution in [3.05, 3.63) is 0 Å². The van der Waals surface area contributed by atoms with Crippen LogP contribution in [-0.2, 0) is 14.4 Å². The Morgan fingerprint density at radius 2 is 1.44 bits per heavy atom. The normalized spacial score (nSPS) is 20.9. The topological polar surface area (TPSA) is 105 Å². The van der Waals surface area contributed by atoms with Gasteiger partial charge >= 0.3 is 0 Å². The Bertz CT molecular complexity index is 612. The maximum Gasteiger partial charge on any atom is 0.245 e. The van der Waals surface area contributed by atoms with E-state index in [0.29, 0.717) is 13.0 Å². The maximum atomic E-state index is 13.7. The quantitative estimate of drug-likeness (QED) is 0.476. The first-order valence-corrected chi connectivity index (χ1v) is 12.9. The highest BCUT2D eigenvalue weighted by molar-refractivity contribution is 5.93. The Morgan fingerprint density at radius 1 is 0.906 bits per heavy atom. The summed E-state index contributed by atoms with van der Waals surface area (Å²) in [7, 11) is 1.70. The molecule has 3 amide bonds. The minimum absolute atomic E-state index is 0.0927. The van der Waals surface area contributed by atoms with Crippen molar-refractivity contribution < 1.29 is 14.4 Å². The first-order chi connectivity index (χ1) is 15.3. The number of amides is 3. The van der Waals surface area contributed by atoms with E-state index in [2.05, 4.69) is 10.6 Å². The Balaban J connectivity index is 2.18. The zero-order valence-electron chi connectivity index (χ0n) is 20.7. The molecule has 184 valence electrons. The molecule has 7 heteroatoms. The predicted octanol–water partition coefficient (Wildman–Crippen LogP) is 2.97. The van der Waals surface area contributed by atoms with Gasteiger partial charge in [0.05, 0.1) is 6.04 Å². The Kier molecular flexibility index (Phi) is 11.0. The van der Waals surface area contributed by atoms with Crippen molar-refractivity contribution in [2.45, 2.75) is 110 Å². The SMILES string of the molecule is CCNC(=O)[C@@H](CC(C)C)N(C)C(=O)[C@H](NC(=O)[C@H](N)C1CCCCC1)C1CCCCC1. The van der Waals surface area contributed by atoms with E-state index in [9.17, 15) is 14.4 Å². The van der Waals surface area contributed by atoms with Crippen LogP contribution in [0.4, 0.5) is 0 Å². The number of nitrogens with zero attached hydrogens (tertiary/aromatic N) is 1. The molecule has 32 heavy (non-hydrogen) atoms. The highest BCUT2D eigenvalue weighted by Gasteiger charge is 2.38. The number of carbonyl (C=O) groups is 3. The summed E-state index contributed by atoms with van der Waals surface area (Å²) in [5.41, 5.74) is 6.36. The van der Waals surface area contributed by atoms with Gasteiger partial charge in [-0.2, -0.15) is 0 Å². The van der Waals surface area contributed by atoms with E-state index in [1.807, 2.05) is 20.8 Å². The van der Waals surface area contributed by atoms with Gasteiger partial charge in [-0.15, -0.1) is 0 Å². The standard InChI is InChI=1S/C25H46N4O3/c1-5-27-23(30)20(16-17(2)3)29(4)25(32)22(19-14-10-7-11-15-19)28-24(31)21(26)18-12-8-6-9-13-18/h17-22H,5-16,26H2,1-4H3,(H,27,30)(H,28,31)/t20-,21-,22-/m1/s1. The summed E-state index contributed by atoms with van der Waals surface area (Å²) in [6.45, 7) is 6.50. The highest BCUT2D eigenvalue weighted by Crippen LogP contribution is 2.29. The van der Waals surface area contributed by atoms with Crippen LogP contribution < -0.4 is 16.4 Å². The van der Waals surface area contributed by atoms with Crippen LogP contribution in [0.25, 0.3) is 0 Å². The van der Waals surface area contributed by atoms with Crippen molar-refractivity contribution in [2.24, 2.45) is 23.5 Å². The van der Waals surface area contributed by atoms with Crippen LogP contribution in [0.15, 0.2) is 0 Å². The number of carbonyl (C=O) groups excluding carboxylic acids is 3. The van der Waals surface area contributed by atoms with E-state index < -0.39 is 18.1 Å². The molecular weight excluding hydrogens is 404 g/mol. The lowest BCUT2D eigenvalue weighted by atomic mass is 9.81. The molecule has 0 spiro atoms. The molecule has 2 rings (SSSR count). The minimum atomic E-state index is -0.619. The van der Waals surface area contributed by atoms with Crippen LogP contribution in [0, 0.1) is 17.8 Å². The van der Waals surface area contributed by atoms with E-state index in [-0.39, 0.29) is 35.5 Å². The number of nitrogens with two attached hydrogens (primary N) is 1. The fraction of sp³-hybridized carbons (Fsp3) is 0.880. The molecule has 0 aliphatic heterocycles. The molecule has 2 aliphatic rings. The molecular formula is C25H46N4O3. The van der Waals surface area contributed by atoms with Crippen LogP contribution in [-0.4, -0.2) is 54.3 Å². The average Bonchev–Trinajstić information content (AvgIpc) is 2.80. The van der Waals surface area contributed by atoms with Gasteiger partial charge in [0.25, 0.3) is 0 Å². The van der Waals surface area contributed by atoms with Crippen molar-refractivity contribution in [1.29, 1.82) is 0 Å². The van der Waals surface area contributed by atoms with E-state index >= 15 is 0 Å². The van der Waals surface area contributed by atoms with Gasteiger partial charge in [0.2, 0.25) is 17.7 Å². The van der Waals surface area contributed by atoms with Crippen molar-refractivity contribution in [1.82, 2.24) is 15.5 Å². The second kappa shape index (κ2) is 13.2. The van der Waals surface area contributed by atoms with Crippen LogP contribution in [0.1, 0.15) is 91.4 Å². The van der Waals surface area contributed by atoms with Gasteiger partial charge in [-0.25, -0.2) is 0 Å². The third-order valence-corrected chi connectivity index (χ3v) is 7.31. The summed E-state index contributed by atoms with van der Waals surface area (Å²) in [6.07, 6.45) is 11.1. The summed E-state index contributed by atoms with van der Waals surface area (Å²) in [4.78, 5) is 41.1. The van der Waals surface area contributed by atoms with E-state index in [0.717, 1.165) is 57.8 Å². The van der Waals surface area contributed by atoms with Gasteiger partial charge in [0, 0.05) is 13.6 Å². The smallest absolute Gasteiger partial charge is 0.245 e. The third-order valence-electron chi connectivity index (χ3n) is 7.31. The molecule has 7 nitrogen and oxygen atoms in total. The molecule has 0 unspecified atom stereocenters. The molecule has 2 aliphatic carbocycles. The highest BCUT2D eigenvalue weighted by atomic mass is 16.2. The molecule has 0 bridgehead atoms. The largest absolute Gasteiger partial charge is 0.355 e. The van der Waals surface area contributed by atoms with Crippen LogP contribution in [0.3, 0.4) is 0 Å². The van der Waals surface area contributed by atoms with Gasteiger partial charge in [-0.3, -0.25) is 14.4 Å². The number of nitrogens with one attached hydrogen (secondary N) is 2. The zero-order chi connectivity index (χ0) is 23.7. The maximum absolute atomic E-state index is 13.7. The van der Waals surface area contributed by atoms with Crippen molar-refractivity contribution in [2.75, 3.05) is 13.6 Å². The fourth-order valence-corrected chi connectivity index (χ4v) is 5.36. The molecule has 0 aromatic rings. The molecule has 0 heterocycles. The minimum Gasteiger partial charge on any atom is -0.355 e. The second-order valence-electron chi connectivity index (χ2n) is 10.3. The van der Waals surface area contributed by atoms with Crippen molar-refractivity contribution in [3.63, 3.8) is 0 Å². The lowest BCUT2D eigenvalue weighted by Crippen LogP contribution is -2.59. The third kappa shape index (κ3) is 7.46. The molecule has 0 saturated heterocycles. The number of hydrogen-bond acceptors (Lipinski definition) is 4. The van der Waals surface area contributed by atoms with Gasteiger partial charge in [0.1, 0.15) is 12.1 Å². The van der Waals surface area contributed by atoms with E-state index in [1.54, 1.807) is 11.9 Å². The van der Waals surface area contributed by atoms with E-state index in [4.69, 9.17) is 5.73 Å². The number of likely N-dealkylation sites (N-methyl/N-ethyl adjacent to an activating group) is 2. The van der Waals surface area contributed by atoms with Gasteiger partial charge < -0.3 is 21.3 Å². The molecule has 0 aromatic heterocycles. The summed E-state index contributed by atoms with van der Waals surface area (Å²) < 4.78 is 0. The summed E-state index contributed by atoms with van der Waals surface area (Å²) in [5.74, 6) is 0.0263. The van der Waals surface area contributed by atoms with Gasteiger partial charge in [0.15, 0.2) is 0 Å². The Hall–Kier alpha value is -1.63. The van der Waals surface area contributed by atoms with Crippen molar-refractivity contribution in [3.8, 4) is 0 Å². The first kappa shape index (κ1) is 26.6. The first-order valence-electron chi connectivity index (χ1n) is 12.9.